The number of phenols is 1. The number of methoxy groups -OCH3 is 4. The van der Waals surface area contributed by atoms with E-state index in [0.29, 0.717) is 53.1 Å². The van der Waals surface area contributed by atoms with Gasteiger partial charge in [0.1, 0.15) is 28.7 Å². The lowest BCUT2D eigenvalue weighted by molar-refractivity contribution is -0.0113. The molecule has 5 aliphatic heterocycles. The molecule has 10 aliphatic carbocycles. The number of amides is 2. The maximum atomic E-state index is 12.5. The summed E-state index contributed by atoms with van der Waals surface area (Å²) in [4.78, 5) is 34.1. The highest BCUT2D eigenvalue weighted by Crippen LogP contribution is 2.62. The monoisotopic (exact) mass is 2160 g/mol. The standard InChI is InChI=1S/C20H27NO3.C19H25NO3.2C18H25NO.C17H23NO.3CHCl3.BBr3.BrH.H3N.H2O/c1-3-24-19(22)21-11-10-20-9-5-4-6-16(20)18(21)12-14-7-8-15(23-2)13-17(14)20;1-2-23-18(22)20-10-9-19-8-4-3-5-15(19)17(20)11-13-6-7-14(21)12-16(13)19;2*1-19-10-9-18-8-4-3-5-15(18)17(19)11-13-6-7-14(20-2)12-16(13)18;1-19-13-6-5-12-10-16-14-4-2-3-7-17(14,8-9-18-16)15(12)11-13;4*2-1(3)4;;;/h7-8,13,16,18H,3-6,9-12H2,1-2H3;6-7,12,15,17,21H,2-5,8-11H2,1H3;2*6-7,12,15,17H,3-5,8-11H2,1-2H3;5-6,11,14,16,18H,2-4,7-10H2,1H3;3*1H;;1H;1H3;1H2/t16-,18+,20+;15-,17+,19+;2*15-,17+,18+;14-,16+,17+;;;;;;;/m11111......./s1. The third kappa shape index (κ3) is 23.8. The van der Waals surface area contributed by atoms with Crippen molar-refractivity contribution < 1.29 is 48.6 Å². The summed E-state index contributed by atoms with van der Waals surface area (Å²) < 4.78 is 30.7. The number of likely N-dealkylation sites (tertiary alicyclic amines) is 4. The van der Waals surface area contributed by atoms with E-state index in [1.54, 1.807) is 67.9 Å². The van der Waals surface area contributed by atoms with Gasteiger partial charge in [-0.25, -0.2) is 9.59 Å². The number of carbonyl (C=O) groups is 2. The van der Waals surface area contributed by atoms with E-state index in [1.165, 1.54) is 209 Å². The predicted octanol–water partition coefficient (Wildman–Crippen LogP) is 25.4. The molecule has 0 aromatic heterocycles. The maximum Gasteiger partial charge on any atom is 0.410 e. The van der Waals surface area contributed by atoms with Gasteiger partial charge in [0.25, 0.3) is 0 Å². The van der Waals surface area contributed by atoms with E-state index in [9.17, 15) is 14.7 Å². The van der Waals surface area contributed by atoms with Crippen LogP contribution in [-0.4, -0.2) is 177 Å². The molecular formula is C95H134BBr4Cl9N6O10. The SMILES string of the molecule is Br.BrB(Br)Br.CCOC(=O)N1CC[C@@]23CCCC[C@@H]2[C@@H]1Cc1ccc(O)cc13.CCOC(=O)N1CC[C@@]23CCCC[C@@H]2[C@@H]1Cc1ccc(OC)cc13.COc1ccc2c(c1)[C@]13CCCC[C@@H]1[C@H](C2)N(C)CC3.COc1ccc2c(c1)[C@]13CCCC[C@@H]1[C@H](C2)N(C)CC3.COc1ccc2c(c1)[C@]13CCCC[C@@H]1[C@H](C2)NCC3.ClC(Cl)Cl.ClC(Cl)Cl.ClC(Cl)Cl.N.O. The first-order valence-corrected chi connectivity index (χ1v) is 51.5. The second-order valence-electron chi connectivity index (χ2n) is 36.3. The number of fused-ring (bicyclic) bond motifs is 5. The Morgan fingerprint density at radius 1 is 0.416 bits per heavy atom. The van der Waals surface area contributed by atoms with E-state index in [-0.39, 0.29) is 60.9 Å². The summed E-state index contributed by atoms with van der Waals surface area (Å²) in [5.41, 5.74) is 16.9. The number of hydrogen-bond acceptors (Lipinski definition) is 13. The number of benzene rings is 5. The molecule has 5 saturated heterocycles. The van der Waals surface area contributed by atoms with E-state index in [1.807, 2.05) is 29.7 Å². The van der Waals surface area contributed by atoms with Crippen molar-refractivity contribution in [1.82, 2.24) is 31.1 Å². The molecule has 0 spiro atoms. The van der Waals surface area contributed by atoms with E-state index in [4.69, 9.17) is 133 Å². The van der Waals surface area contributed by atoms with Crippen molar-refractivity contribution in [3.8, 4) is 28.7 Å². The van der Waals surface area contributed by atoms with Crippen molar-refractivity contribution in [2.75, 3.05) is 88.5 Å². The molecule has 125 heavy (non-hydrogen) atoms. The van der Waals surface area contributed by atoms with Crippen LogP contribution in [0.25, 0.3) is 0 Å². The number of ether oxygens (including phenoxy) is 6. The van der Waals surface area contributed by atoms with Crippen molar-refractivity contribution in [3.63, 3.8) is 0 Å². The Labute approximate surface area is 826 Å². The van der Waals surface area contributed by atoms with Gasteiger partial charge in [0.05, 0.1) is 41.7 Å². The second kappa shape index (κ2) is 48.5. The molecule has 5 heterocycles. The Kier molecular flexibility index (Phi) is 41.4. The van der Waals surface area contributed by atoms with Crippen LogP contribution in [-0.2, 0) is 68.7 Å². The summed E-state index contributed by atoms with van der Waals surface area (Å²) in [5, 5.41) is 13.8. The maximum absolute atomic E-state index is 12.5. The minimum atomic E-state index is -0.750. The number of carbonyl (C=O) groups excluding carboxylic acids is 2. The summed E-state index contributed by atoms with van der Waals surface area (Å²) in [6.07, 6.45) is 38.1. The van der Waals surface area contributed by atoms with Gasteiger partial charge < -0.3 is 70.1 Å². The second-order valence-corrected chi connectivity index (χ2v) is 48.7. The molecule has 2 amide bonds. The fourth-order valence-electron chi connectivity index (χ4n) is 26.6. The van der Waals surface area contributed by atoms with Gasteiger partial charge in [0.15, 0.2) is 12.9 Å². The lowest BCUT2D eigenvalue weighted by atomic mass is 9.52. The molecule has 10 fully saturated rings. The highest BCUT2D eigenvalue weighted by Gasteiger charge is 2.59. The molecule has 0 unspecified atom stereocenters. The largest absolute Gasteiger partial charge is 0.508 e. The number of nitrogens with one attached hydrogen (secondary N) is 1. The Hall–Kier alpha value is -1.97. The molecule has 15 atom stereocenters. The van der Waals surface area contributed by atoms with Crippen molar-refractivity contribution in [3.05, 3.63) is 147 Å². The smallest absolute Gasteiger partial charge is 0.410 e. The zero-order chi connectivity index (χ0) is 87.4. The minimum absolute atomic E-state index is 0. The number of alkyl halides is 9. The van der Waals surface area contributed by atoms with E-state index < -0.39 is 12.9 Å². The number of piperidine rings is 5. The van der Waals surface area contributed by atoms with E-state index in [2.05, 4.69) is 155 Å². The Bertz CT molecular complexity index is 4160. The minimum Gasteiger partial charge on any atom is -0.508 e. The predicted molar refractivity (Wildman–Crippen MR) is 535 cm³/mol. The Morgan fingerprint density at radius 3 is 0.992 bits per heavy atom. The van der Waals surface area contributed by atoms with Crippen LogP contribution >= 0.6 is 169 Å². The van der Waals surface area contributed by atoms with E-state index >= 15 is 0 Å². The quantitative estimate of drug-likeness (QED) is 0.107. The summed E-state index contributed by atoms with van der Waals surface area (Å²) in [7, 11) is 11.8. The fraction of sp³-hybridized carbons (Fsp3) is 0.663. The van der Waals surface area contributed by atoms with Gasteiger partial charge in [0.2, 0.25) is 0 Å². The Morgan fingerprint density at radius 2 is 0.680 bits per heavy atom. The van der Waals surface area contributed by atoms with Gasteiger partial charge in [0, 0.05) is 70.4 Å². The zero-order valence-corrected chi connectivity index (χ0v) is 87.3. The zero-order valence-electron chi connectivity index (χ0n) is 74.1. The number of rotatable bonds is 6. The van der Waals surface area contributed by atoms with Crippen LogP contribution < -0.4 is 30.4 Å². The highest BCUT2D eigenvalue weighted by molar-refractivity contribution is 9.69. The molecule has 5 aromatic carbocycles. The van der Waals surface area contributed by atoms with Crippen molar-refractivity contribution in [2.45, 2.75) is 277 Å². The van der Waals surface area contributed by atoms with Crippen LogP contribution in [0.2, 0.25) is 0 Å². The summed E-state index contributed by atoms with van der Waals surface area (Å²) in [6, 6.07) is 35.6. The van der Waals surface area contributed by atoms with Crippen molar-refractivity contribution in [2.24, 2.45) is 29.6 Å². The third-order valence-electron chi connectivity index (χ3n) is 31.4. The molecule has 5 aromatic rings. The van der Waals surface area contributed by atoms with Gasteiger partial charge in [-0.15, -0.1) is 64.3 Å². The summed E-state index contributed by atoms with van der Waals surface area (Å²) in [5.74, 6) is 8.10. The molecule has 0 radical (unpaired) electrons. The molecule has 15 aliphatic rings. The van der Waals surface area contributed by atoms with Crippen LogP contribution in [0.4, 0.5) is 9.59 Å². The number of nitrogens with zero attached hydrogens (tertiary/aromatic N) is 4. The van der Waals surface area contributed by atoms with Crippen LogP contribution in [0, 0.1) is 29.6 Å². The van der Waals surface area contributed by atoms with Gasteiger partial charge in [-0.2, -0.15) is 0 Å². The first-order chi connectivity index (χ1) is 58.6. The molecule has 30 heteroatoms. The van der Waals surface area contributed by atoms with E-state index in [0.717, 1.165) is 97.7 Å². The average Bonchev–Trinajstić information content (AvgIpc) is 0.744. The van der Waals surface area contributed by atoms with Crippen LogP contribution in [0.1, 0.15) is 230 Å². The Balaban J connectivity index is 0.000000169. The number of likely N-dealkylation sites (N-methyl/N-ethyl adjacent to an activating group) is 2. The molecule has 698 valence electrons. The normalized spacial score (nSPS) is 30.0. The molecule has 7 N–H and O–H groups in total. The first kappa shape index (κ1) is 107. The van der Waals surface area contributed by atoms with Crippen LogP contribution in [0.15, 0.2) is 91.0 Å². The lowest BCUT2D eigenvalue weighted by Gasteiger charge is -2.58. The van der Waals surface area contributed by atoms with Crippen molar-refractivity contribution in [1.29, 1.82) is 0 Å². The average molecular weight is 2170 g/mol. The van der Waals surface area contributed by atoms with Gasteiger partial charge in [-0.05, 0) is 322 Å². The molecule has 10 bridgehead atoms. The lowest BCUT2D eigenvalue weighted by Crippen LogP contribution is -2.62. The van der Waals surface area contributed by atoms with Gasteiger partial charge >= 0.3 is 15.4 Å². The molecule has 16 nitrogen and oxygen atoms in total. The molecule has 20 rings (SSSR count). The molecular weight excluding hydrogens is 2030 g/mol. The highest BCUT2D eigenvalue weighted by atomic mass is 79.9. The summed E-state index contributed by atoms with van der Waals surface area (Å²) >= 11 is 52.6. The molecule has 5 saturated carbocycles. The first-order valence-electron chi connectivity index (χ1n) is 44.8. The van der Waals surface area contributed by atoms with Gasteiger partial charge in [-0.1, -0.05) is 199 Å². The number of aromatic hydroxyl groups is 1. The van der Waals surface area contributed by atoms with Crippen LogP contribution in [0.3, 0.4) is 0 Å². The van der Waals surface area contributed by atoms with Crippen molar-refractivity contribution >= 4 is 184 Å². The third-order valence-corrected chi connectivity index (χ3v) is 31.4. The number of hydrogen-bond donors (Lipinski definition) is 3. The summed E-state index contributed by atoms with van der Waals surface area (Å²) in [6.45, 7) is 9.94. The van der Waals surface area contributed by atoms with Crippen LogP contribution in [0.5, 0.6) is 28.7 Å². The number of phenolic OH excluding ortho intramolecular Hbond substituents is 1. The van der Waals surface area contributed by atoms with Gasteiger partial charge in [-0.3, -0.25) is 0 Å². The number of halogens is 13. The fourth-order valence-corrected chi connectivity index (χ4v) is 26.6. The topological polar surface area (TPSA) is 201 Å².